The molecule has 0 aliphatic heterocycles. The molecule has 2 nitrogen and oxygen atoms in total. The predicted octanol–water partition coefficient (Wildman–Crippen LogP) is 2.14. The molecule has 5 heteroatoms. The number of carbonyl (C=O) groups is 1. The van der Waals surface area contributed by atoms with Crippen LogP contribution in [0.4, 0.5) is 4.39 Å². The van der Waals surface area contributed by atoms with E-state index in [9.17, 15) is 9.18 Å². The van der Waals surface area contributed by atoms with E-state index in [1.54, 1.807) is 0 Å². The highest BCUT2D eigenvalue weighted by Crippen LogP contribution is 2.14. The van der Waals surface area contributed by atoms with Gasteiger partial charge in [0.25, 0.3) is 5.91 Å². The summed E-state index contributed by atoms with van der Waals surface area (Å²) in [5.41, 5.74) is -0.0423. The molecule has 0 aliphatic rings. The van der Waals surface area contributed by atoms with Gasteiger partial charge >= 0.3 is 0 Å². The Morgan fingerprint density at radius 2 is 2.29 bits per heavy atom. The van der Waals surface area contributed by atoms with E-state index < -0.39 is 11.7 Å². The molecule has 0 heterocycles. The fraction of sp³-hybridized carbons (Fsp3) is 0.222. The molecule has 14 heavy (non-hydrogen) atoms. The summed E-state index contributed by atoms with van der Waals surface area (Å²) in [6.45, 7) is 0.397. The van der Waals surface area contributed by atoms with E-state index in [2.05, 4.69) is 17.9 Å². The van der Waals surface area contributed by atoms with Crippen molar-refractivity contribution in [2.24, 2.45) is 0 Å². The Bertz CT molecular complexity index is 346. The fourth-order valence-corrected chi connectivity index (χ4v) is 1.22. The van der Waals surface area contributed by atoms with E-state index in [0.717, 1.165) is 6.07 Å². The number of nitrogens with one attached hydrogen (secondary N) is 1. The number of hydrogen-bond donors (Lipinski definition) is 2. The molecule has 0 unspecified atom stereocenters. The van der Waals surface area contributed by atoms with Crippen molar-refractivity contribution >= 4 is 30.1 Å². The lowest BCUT2D eigenvalue weighted by Gasteiger charge is -2.04. The maximum absolute atomic E-state index is 13.1. The highest BCUT2D eigenvalue weighted by molar-refractivity contribution is 7.80. The van der Waals surface area contributed by atoms with Crippen LogP contribution < -0.4 is 5.32 Å². The molecule has 1 rings (SSSR count). The van der Waals surface area contributed by atoms with Crippen LogP contribution in [0.25, 0.3) is 0 Å². The minimum absolute atomic E-state index is 0.0423. The van der Waals surface area contributed by atoms with Crippen LogP contribution in [-0.4, -0.2) is 18.2 Å². The summed E-state index contributed by atoms with van der Waals surface area (Å²) in [7, 11) is 0. The zero-order chi connectivity index (χ0) is 10.6. The van der Waals surface area contributed by atoms with Gasteiger partial charge in [0.2, 0.25) is 0 Å². The molecule has 1 amide bonds. The third-order valence-corrected chi connectivity index (χ3v) is 2.03. The molecule has 0 spiro atoms. The Hall–Kier alpha value is -0.740. The van der Waals surface area contributed by atoms with Gasteiger partial charge in [0.15, 0.2) is 0 Å². The summed E-state index contributed by atoms with van der Waals surface area (Å²) in [6, 6.07) is 3.86. The van der Waals surface area contributed by atoms with Gasteiger partial charge in [0, 0.05) is 17.3 Å². The number of rotatable bonds is 3. The van der Waals surface area contributed by atoms with E-state index in [-0.39, 0.29) is 5.56 Å². The summed E-state index contributed by atoms with van der Waals surface area (Å²) < 4.78 is 13.1. The van der Waals surface area contributed by atoms with Gasteiger partial charge in [0.1, 0.15) is 5.82 Å². The van der Waals surface area contributed by atoms with Gasteiger partial charge in [0.05, 0.1) is 5.56 Å². The zero-order valence-electron chi connectivity index (χ0n) is 7.26. The maximum atomic E-state index is 13.1. The van der Waals surface area contributed by atoms with E-state index in [4.69, 9.17) is 11.6 Å². The molecule has 0 aliphatic carbocycles. The monoisotopic (exact) mass is 233 g/mol. The lowest BCUT2D eigenvalue weighted by Crippen LogP contribution is -2.26. The zero-order valence-corrected chi connectivity index (χ0v) is 8.91. The summed E-state index contributed by atoms with van der Waals surface area (Å²) in [5, 5.41) is 2.84. The first-order valence-electron chi connectivity index (χ1n) is 3.99. The summed E-state index contributed by atoms with van der Waals surface area (Å²) in [6.07, 6.45) is 0. The molecule has 0 saturated carbocycles. The third-order valence-electron chi connectivity index (χ3n) is 1.57. The Morgan fingerprint density at radius 3 is 2.93 bits per heavy atom. The molecule has 0 radical (unpaired) electrons. The van der Waals surface area contributed by atoms with Crippen LogP contribution in [0.15, 0.2) is 18.2 Å². The lowest BCUT2D eigenvalue weighted by molar-refractivity contribution is 0.0952. The molecule has 1 aromatic rings. The van der Waals surface area contributed by atoms with Gasteiger partial charge in [-0.2, -0.15) is 12.6 Å². The number of hydrogen-bond acceptors (Lipinski definition) is 2. The Labute approximate surface area is 91.9 Å². The van der Waals surface area contributed by atoms with Crippen molar-refractivity contribution in [3.8, 4) is 0 Å². The molecule has 0 saturated heterocycles. The summed E-state index contributed by atoms with van der Waals surface area (Å²) in [4.78, 5) is 11.3. The largest absolute Gasteiger partial charge is 0.351 e. The van der Waals surface area contributed by atoms with Crippen molar-refractivity contribution in [2.45, 2.75) is 0 Å². The Kier molecular flexibility index (Phi) is 4.22. The van der Waals surface area contributed by atoms with Crippen molar-refractivity contribution in [3.05, 3.63) is 34.6 Å². The highest BCUT2D eigenvalue weighted by Gasteiger charge is 2.10. The average Bonchev–Trinajstić information content (AvgIpc) is 2.18. The quantitative estimate of drug-likeness (QED) is 0.770. The highest BCUT2D eigenvalue weighted by atomic mass is 35.5. The van der Waals surface area contributed by atoms with Crippen molar-refractivity contribution in [1.29, 1.82) is 0 Å². The second-order valence-corrected chi connectivity index (χ2v) is 3.49. The first kappa shape index (κ1) is 11.3. The standard InChI is InChI=1S/C9H9ClFNOS/c10-6-1-2-8(11)7(5-6)9(13)12-3-4-14/h1-2,5,14H,3-4H2,(H,12,13). The number of halogens is 2. The van der Waals surface area contributed by atoms with Crippen LogP contribution in [0.3, 0.4) is 0 Å². The van der Waals surface area contributed by atoms with E-state index in [1.807, 2.05) is 0 Å². The Morgan fingerprint density at radius 1 is 1.57 bits per heavy atom. The van der Waals surface area contributed by atoms with Crippen molar-refractivity contribution in [2.75, 3.05) is 12.3 Å². The second-order valence-electron chi connectivity index (χ2n) is 2.60. The van der Waals surface area contributed by atoms with Gasteiger partial charge < -0.3 is 5.32 Å². The molecular formula is C9H9ClFNOS. The van der Waals surface area contributed by atoms with E-state index >= 15 is 0 Å². The van der Waals surface area contributed by atoms with Crippen molar-refractivity contribution in [3.63, 3.8) is 0 Å². The summed E-state index contributed by atoms with van der Waals surface area (Å²) >= 11 is 9.55. The van der Waals surface area contributed by atoms with Crippen molar-refractivity contribution in [1.82, 2.24) is 5.32 Å². The lowest BCUT2D eigenvalue weighted by atomic mass is 10.2. The fourth-order valence-electron chi connectivity index (χ4n) is 0.936. The third kappa shape index (κ3) is 2.89. The molecular weight excluding hydrogens is 225 g/mol. The molecule has 76 valence electrons. The molecule has 0 aromatic heterocycles. The first-order valence-corrected chi connectivity index (χ1v) is 5.00. The normalized spacial score (nSPS) is 9.93. The minimum atomic E-state index is -0.578. The predicted molar refractivity (Wildman–Crippen MR) is 57.6 cm³/mol. The molecule has 0 bridgehead atoms. The summed E-state index contributed by atoms with van der Waals surface area (Å²) in [5.74, 6) is -0.543. The average molecular weight is 234 g/mol. The number of benzene rings is 1. The van der Waals surface area contributed by atoms with Crippen LogP contribution in [0.1, 0.15) is 10.4 Å². The smallest absolute Gasteiger partial charge is 0.254 e. The van der Waals surface area contributed by atoms with Crippen LogP contribution in [-0.2, 0) is 0 Å². The number of amides is 1. The molecule has 1 N–H and O–H groups in total. The van der Waals surface area contributed by atoms with Gasteiger partial charge in [-0.25, -0.2) is 4.39 Å². The molecule has 1 aromatic carbocycles. The van der Waals surface area contributed by atoms with Crippen LogP contribution in [0, 0.1) is 5.82 Å². The maximum Gasteiger partial charge on any atom is 0.254 e. The van der Waals surface area contributed by atoms with Crippen molar-refractivity contribution < 1.29 is 9.18 Å². The van der Waals surface area contributed by atoms with E-state index in [1.165, 1.54) is 12.1 Å². The second kappa shape index (κ2) is 5.22. The molecule has 0 fully saturated rings. The minimum Gasteiger partial charge on any atom is -0.351 e. The van der Waals surface area contributed by atoms with Gasteiger partial charge in [-0.15, -0.1) is 0 Å². The van der Waals surface area contributed by atoms with E-state index in [0.29, 0.717) is 17.3 Å². The van der Waals surface area contributed by atoms with Gasteiger partial charge in [-0.1, -0.05) is 11.6 Å². The topological polar surface area (TPSA) is 29.1 Å². The SMILES string of the molecule is O=C(NCCS)c1cc(Cl)ccc1F. The van der Waals surface area contributed by atoms with Gasteiger partial charge in [-0.3, -0.25) is 4.79 Å². The number of carbonyl (C=O) groups excluding carboxylic acids is 1. The van der Waals surface area contributed by atoms with Crippen LogP contribution >= 0.6 is 24.2 Å². The Balaban J connectivity index is 2.83. The van der Waals surface area contributed by atoms with Crippen LogP contribution in [0.5, 0.6) is 0 Å². The molecule has 0 atom stereocenters. The van der Waals surface area contributed by atoms with Gasteiger partial charge in [-0.05, 0) is 18.2 Å². The van der Waals surface area contributed by atoms with Crippen LogP contribution in [0.2, 0.25) is 5.02 Å². The number of thiol groups is 1. The first-order chi connectivity index (χ1) is 6.65.